The van der Waals surface area contributed by atoms with E-state index in [9.17, 15) is 9.50 Å². The zero-order valence-corrected chi connectivity index (χ0v) is 10.5. The Morgan fingerprint density at radius 1 is 1.29 bits per heavy atom. The average Bonchev–Trinajstić information content (AvgIpc) is 2.95. The van der Waals surface area contributed by atoms with E-state index in [4.69, 9.17) is 0 Å². The maximum Gasteiger partial charge on any atom is 0.144 e. The summed E-state index contributed by atoms with van der Waals surface area (Å²) in [5.41, 5.74) is 0.377. The number of hydrogen-bond acceptors (Lipinski definition) is 1. The van der Waals surface area contributed by atoms with Gasteiger partial charge >= 0.3 is 0 Å². The van der Waals surface area contributed by atoms with E-state index in [0.29, 0.717) is 14.5 Å². The number of aliphatic hydroxyl groups is 1. The summed E-state index contributed by atoms with van der Waals surface area (Å²) in [7, 11) is 0. The Balaban J connectivity index is 2.43. The van der Waals surface area contributed by atoms with E-state index in [0.717, 1.165) is 12.8 Å². The molecule has 1 aromatic carbocycles. The van der Waals surface area contributed by atoms with E-state index in [1.54, 1.807) is 12.1 Å². The van der Waals surface area contributed by atoms with E-state index >= 15 is 0 Å². The van der Waals surface area contributed by atoms with Gasteiger partial charge in [0.25, 0.3) is 0 Å². The Bertz CT molecular complexity index is 363. The topological polar surface area (TPSA) is 20.2 Å². The quantitative estimate of drug-likeness (QED) is 0.821. The van der Waals surface area contributed by atoms with Crippen LogP contribution in [-0.2, 0) is 0 Å². The summed E-state index contributed by atoms with van der Waals surface area (Å²) in [6.07, 6.45) is 1.29. The lowest BCUT2D eigenvalue weighted by molar-refractivity contribution is 0.148. The van der Waals surface area contributed by atoms with Crippen molar-refractivity contribution in [3.63, 3.8) is 0 Å². The summed E-state index contributed by atoms with van der Waals surface area (Å²) in [4.78, 5) is 0. The standard InChI is InChI=1S/C10H9Br2FO/c11-6-3-4-7(12)9(13)8(6)10(14)5-1-2-5/h3-5,10,14H,1-2H2. The maximum absolute atomic E-state index is 13.7. The number of rotatable bonds is 2. The van der Waals surface area contributed by atoms with Crippen molar-refractivity contribution in [1.29, 1.82) is 0 Å². The van der Waals surface area contributed by atoms with E-state index in [1.807, 2.05) is 0 Å². The monoisotopic (exact) mass is 322 g/mol. The molecule has 1 nitrogen and oxygen atoms in total. The van der Waals surface area contributed by atoms with E-state index in [2.05, 4.69) is 31.9 Å². The van der Waals surface area contributed by atoms with Gasteiger partial charge in [0.1, 0.15) is 5.82 Å². The van der Waals surface area contributed by atoms with Gasteiger partial charge in [-0.15, -0.1) is 0 Å². The average molecular weight is 324 g/mol. The summed E-state index contributed by atoms with van der Waals surface area (Å²) in [6, 6.07) is 3.37. The van der Waals surface area contributed by atoms with Crippen LogP contribution in [-0.4, -0.2) is 5.11 Å². The summed E-state index contributed by atoms with van der Waals surface area (Å²) >= 11 is 6.37. The van der Waals surface area contributed by atoms with Crippen molar-refractivity contribution in [3.8, 4) is 0 Å². The highest BCUT2D eigenvalue weighted by Crippen LogP contribution is 2.44. The van der Waals surface area contributed by atoms with Crippen LogP contribution in [0.25, 0.3) is 0 Å². The molecular formula is C10H9Br2FO. The number of benzene rings is 1. The van der Waals surface area contributed by atoms with Crippen LogP contribution in [0.15, 0.2) is 21.1 Å². The zero-order valence-electron chi connectivity index (χ0n) is 7.30. The second-order valence-electron chi connectivity index (χ2n) is 3.54. The molecule has 1 unspecified atom stereocenters. The smallest absolute Gasteiger partial charge is 0.144 e. The van der Waals surface area contributed by atoms with Crippen molar-refractivity contribution >= 4 is 31.9 Å². The van der Waals surface area contributed by atoms with Crippen LogP contribution in [0, 0.1) is 11.7 Å². The summed E-state index contributed by atoms with van der Waals surface area (Å²) in [5.74, 6) is -0.131. The third-order valence-electron chi connectivity index (χ3n) is 2.44. The molecule has 1 aliphatic carbocycles. The van der Waals surface area contributed by atoms with Crippen molar-refractivity contribution in [1.82, 2.24) is 0 Å². The summed E-state index contributed by atoms with van der Waals surface area (Å²) in [5, 5.41) is 9.86. The summed E-state index contributed by atoms with van der Waals surface area (Å²) in [6.45, 7) is 0. The molecule has 1 atom stereocenters. The van der Waals surface area contributed by atoms with E-state index in [-0.39, 0.29) is 11.7 Å². The SMILES string of the molecule is OC(c1c(Br)ccc(Br)c1F)C1CC1. The van der Waals surface area contributed by atoms with Gasteiger partial charge in [-0.25, -0.2) is 4.39 Å². The van der Waals surface area contributed by atoms with Crippen LogP contribution in [0.1, 0.15) is 24.5 Å². The van der Waals surface area contributed by atoms with Crippen molar-refractivity contribution < 1.29 is 9.50 Å². The highest BCUT2D eigenvalue weighted by molar-refractivity contribution is 9.11. The van der Waals surface area contributed by atoms with Gasteiger partial charge in [0, 0.05) is 10.0 Å². The molecule has 1 saturated carbocycles. The lowest BCUT2D eigenvalue weighted by Crippen LogP contribution is -2.04. The highest BCUT2D eigenvalue weighted by atomic mass is 79.9. The predicted molar refractivity (Wildman–Crippen MR) is 59.5 cm³/mol. The van der Waals surface area contributed by atoms with Crippen molar-refractivity contribution in [2.45, 2.75) is 18.9 Å². The molecule has 1 N–H and O–H groups in total. The molecule has 0 heterocycles. The maximum atomic E-state index is 13.7. The zero-order chi connectivity index (χ0) is 10.3. The molecule has 1 aliphatic rings. The minimum atomic E-state index is -0.679. The van der Waals surface area contributed by atoms with Crippen LogP contribution in [0.3, 0.4) is 0 Å². The van der Waals surface area contributed by atoms with Gasteiger partial charge in [0.05, 0.1) is 10.6 Å². The van der Waals surface area contributed by atoms with Crippen LogP contribution in [0.2, 0.25) is 0 Å². The number of hydrogen-bond donors (Lipinski definition) is 1. The fourth-order valence-corrected chi connectivity index (χ4v) is 2.35. The lowest BCUT2D eigenvalue weighted by atomic mass is 10.1. The highest BCUT2D eigenvalue weighted by Gasteiger charge is 2.34. The normalized spacial score (nSPS) is 18.3. The summed E-state index contributed by atoms with van der Waals surface area (Å²) < 4.78 is 14.7. The van der Waals surface area contributed by atoms with Gasteiger partial charge in [0.2, 0.25) is 0 Å². The van der Waals surface area contributed by atoms with Crippen LogP contribution < -0.4 is 0 Å². The third-order valence-corrected chi connectivity index (χ3v) is 3.75. The molecular weight excluding hydrogens is 315 g/mol. The molecule has 0 bridgehead atoms. The largest absolute Gasteiger partial charge is 0.388 e. The fraction of sp³-hybridized carbons (Fsp3) is 0.400. The van der Waals surface area contributed by atoms with Gasteiger partial charge < -0.3 is 5.11 Å². The van der Waals surface area contributed by atoms with Crippen LogP contribution >= 0.6 is 31.9 Å². The fourth-order valence-electron chi connectivity index (χ4n) is 1.46. The Kier molecular flexibility index (Phi) is 2.96. The Labute approximate surface area is 98.6 Å². The molecule has 0 saturated heterocycles. The molecule has 76 valence electrons. The molecule has 1 fully saturated rings. The van der Waals surface area contributed by atoms with Gasteiger partial charge in [-0.3, -0.25) is 0 Å². The molecule has 0 aliphatic heterocycles. The molecule has 4 heteroatoms. The second-order valence-corrected chi connectivity index (χ2v) is 5.25. The first-order chi connectivity index (χ1) is 6.61. The third kappa shape index (κ3) is 1.88. The first-order valence-electron chi connectivity index (χ1n) is 4.42. The minimum absolute atomic E-state index is 0.232. The van der Waals surface area contributed by atoms with Gasteiger partial charge in [0.15, 0.2) is 0 Å². The predicted octanol–water partition coefficient (Wildman–Crippen LogP) is 3.79. The van der Waals surface area contributed by atoms with E-state index in [1.165, 1.54) is 0 Å². The molecule has 0 amide bonds. The molecule has 0 aromatic heterocycles. The van der Waals surface area contributed by atoms with Gasteiger partial charge in [-0.05, 0) is 46.8 Å². The Morgan fingerprint density at radius 2 is 1.86 bits per heavy atom. The Morgan fingerprint density at radius 3 is 2.43 bits per heavy atom. The lowest BCUT2D eigenvalue weighted by Gasteiger charge is -2.13. The first-order valence-corrected chi connectivity index (χ1v) is 6.01. The second kappa shape index (κ2) is 3.91. The van der Waals surface area contributed by atoms with Crippen LogP contribution in [0.4, 0.5) is 4.39 Å². The molecule has 0 spiro atoms. The van der Waals surface area contributed by atoms with Gasteiger partial charge in [-0.2, -0.15) is 0 Å². The van der Waals surface area contributed by atoms with Crippen molar-refractivity contribution in [2.75, 3.05) is 0 Å². The molecule has 2 rings (SSSR count). The molecule has 1 aromatic rings. The number of aliphatic hydroxyl groups excluding tert-OH is 1. The Hall–Kier alpha value is 0.0700. The minimum Gasteiger partial charge on any atom is -0.388 e. The van der Waals surface area contributed by atoms with Gasteiger partial charge in [-0.1, -0.05) is 15.9 Å². The number of halogens is 3. The van der Waals surface area contributed by atoms with Crippen LogP contribution in [0.5, 0.6) is 0 Å². The van der Waals surface area contributed by atoms with E-state index < -0.39 is 6.10 Å². The first kappa shape index (κ1) is 10.6. The van der Waals surface area contributed by atoms with Crippen molar-refractivity contribution in [2.24, 2.45) is 5.92 Å². The molecule has 0 radical (unpaired) electrons. The molecule has 14 heavy (non-hydrogen) atoms. The van der Waals surface area contributed by atoms with Crippen molar-refractivity contribution in [3.05, 3.63) is 32.5 Å².